The van der Waals surface area contributed by atoms with Gasteiger partial charge in [-0.2, -0.15) is 0 Å². The first-order chi connectivity index (χ1) is 6.24. The Morgan fingerprint density at radius 2 is 2.46 bits per heavy atom. The molecule has 0 aromatic carbocycles. The van der Waals surface area contributed by atoms with Crippen molar-refractivity contribution in [1.29, 1.82) is 0 Å². The Morgan fingerprint density at radius 3 is 3.00 bits per heavy atom. The molecule has 0 saturated carbocycles. The van der Waals surface area contributed by atoms with Crippen LogP contribution in [0.1, 0.15) is 20.3 Å². The van der Waals surface area contributed by atoms with Gasteiger partial charge < -0.3 is 15.5 Å². The van der Waals surface area contributed by atoms with Crippen LogP contribution in [0.25, 0.3) is 0 Å². The number of carbonyl (C=O) groups excluding carboxylic acids is 1. The highest BCUT2D eigenvalue weighted by Crippen LogP contribution is 1.95. The zero-order valence-electron chi connectivity index (χ0n) is 8.47. The minimum absolute atomic E-state index is 0.0750. The van der Waals surface area contributed by atoms with E-state index in [9.17, 15) is 4.79 Å². The summed E-state index contributed by atoms with van der Waals surface area (Å²) in [4.78, 5) is 12.9. The zero-order valence-corrected chi connectivity index (χ0v) is 8.47. The second kappa shape index (κ2) is 5.07. The molecule has 0 aromatic heterocycles. The number of nitrogens with zero attached hydrogens (tertiary/aromatic N) is 1. The first-order valence-electron chi connectivity index (χ1n) is 5.00. The SMILES string of the molecule is CCC(C)NCCN1CCNC1=O. The molecule has 1 aliphatic heterocycles. The van der Waals surface area contributed by atoms with Gasteiger partial charge in [0.2, 0.25) is 0 Å². The third-order valence-corrected chi connectivity index (χ3v) is 2.43. The largest absolute Gasteiger partial charge is 0.336 e. The van der Waals surface area contributed by atoms with E-state index in [0.717, 1.165) is 32.6 Å². The van der Waals surface area contributed by atoms with Crippen LogP contribution in [0.5, 0.6) is 0 Å². The van der Waals surface area contributed by atoms with Crippen molar-refractivity contribution in [2.75, 3.05) is 26.2 Å². The van der Waals surface area contributed by atoms with E-state index in [4.69, 9.17) is 0 Å². The highest BCUT2D eigenvalue weighted by molar-refractivity contribution is 5.76. The number of hydrogen-bond acceptors (Lipinski definition) is 2. The quantitative estimate of drug-likeness (QED) is 0.651. The molecule has 0 spiro atoms. The van der Waals surface area contributed by atoms with Crippen LogP contribution >= 0.6 is 0 Å². The van der Waals surface area contributed by atoms with Crippen LogP contribution in [0.15, 0.2) is 0 Å². The summed E-state index contributed by atoms with van der Waals surface area (Å²) in [7, 11) is 0. The molecule has 0 radical (unpaired) electrons. The van der Waals surface area contributed by atoms with Gasteiger partial charge in [-0.3, -0.25) is 0 Å². The van der Waals surface area contributed by atoms with Gasteiger partial charge in [0.1, 0.15) is 0 Å². The van der Waals surface area contributed by atoms with Crippen LogP contribution in [0, 0.1) is 0 Å². The van der Waals surface area contributed by atoms with Crippen molar-refractivity contribution in [2.45, 2.75) is 26.3 Å². The number of nitrogens with one attached hydrogen (secondary N) is 2. The van der Waals surface area contributed by atoms with Crippen molar-refractivity contribution in [3.8, 4) is 0 Å². The number of urea groups is 1. The minimum atomic E-state index is 0.0750. The fourth-order valence-electron chi connectivity index (χ4n) is 1.31. The molecule has 1 unspecified atom stereocenters. The van der Waals surface area contributed by atoms with Crippen molar-refractivity contribution in [1.82, 2.24) is 15.5 Å². The van der Waals surface area contributed by atoms with E-state index in [1.54, 1.807) is 0 Å². The Balaban J connectivity index is 2.08. The van der Waals surface area contributed by atoms with Gasteiger partial charge in [0, 0.05) is 32.2 Å². The van der Waals surface area contributed by atoms with E-state index in [-0.39, 0.29) is 6.03 Å². The van der Waals surface area contributed by atoms with E-state index >= 15 is 0 Å². The van der Waals surface area contributed by atoms with Crippen molar-refractivity contribution in [2.24, 2.45) is 0 Å². The number of hydrogen-bond donors (Lipinski definition) is 2. The van der Waals surface area contributed by atoms with E-state index in [2.05, 4.69) is 24.5 Å². The van der Waals surface area contributed by atoms with E-state index in [1.165, 1.54) is 0 Å². The molecule has 4 nitrogen and oxygen atoms in total. The van der Waals surface area contributed by atoms with Crippen molar-refractivity contribution in [3.05, 3.63) is 0 Å². The molecule has 1 rings (SSSR count). The van der Waals surface area contributed by atoms with Gasteiger partial charge in [0.15, 0.2) is 0 Å². The van der Waals surface area contributed by atoms with E-state index in [1.807, 2.05) is 4.90 Å². The smallest absolute Gasteiger partial charge is 0.317 e. The van der Waals surface area contributed by atoms with Crippen LogP contribution in [0.4, 0.5) is 4.79 Å². The third kappa shape index (κ3) is 3.22. The summed E-state index contributed by atoms with van der Waals surface area (Å²) in [5, 5.41) is 6.14. The third-order valence-electron chi connectivity index (χ3n) is 2.43. The summed E-state index contributed by atoms with van der Waals surface area (Å²) in [6, 6.07) is 0.622. The predicted octanol–water partition coefficient (Wildman–Crippen LogP) is 0.400. The van der Waals surface area contributed by atoms with Gasteiger partial charge in [0.05, 0.1) is 0 Å². The lowest BCUT2D eigenvalue weighted by Gasteiger charge is -2.16. The molecular formula is C9H19N3O. The topological polar surface area (TPSA) is 44.4 Å². The minimum Gasteiger partial charge on any atom is -0.336 e. The molecule has 2 amide bonds. The molecule has 76 valence electrons. The maximum Gasteiger partial charge on any atom is 0.317 e. The first kappa shape index (κ1) is 10.3. The lowest BCUT2D eigenvalue weighted by atomic mass is 10.2. The van der Waals surface area contributed by atoms with Crippen molar-refractivity contribution in [3.63, 3.8) is 0 Å². The molecule has 0 bridgehead atoms. The molecule has 1 atom stereocenters. The molecule has 1 heterocycles. The molecule has 13 heavy (non-hydrogen) atoms. The molecule has 1 aliphatic rings. The number of amides is 2. The summed E-state index contributed by atoms with van der Waals surface area (Å²) in [5.41, 5.74) is 0. The highest BCUT2D eigenvalue weighted by Gasteiger charge is 2.18. The Bertz CT molecular complexity index is 172. The predicted molar refractivity (Wildman–Crippen MR) is 52.7 cm³/mol. The Morgan fingerprint density at radius 1 is 1.69 bits per heavy atom. The number of carbonyl (C=O) groups is 1. The van der Waals surface area contributed by atoms with Crippen LogP contribution in [-0.4, -0.2) is 43.2 Å². The van der Waals surface area contributed by atoms with Crippen molar-refractivity contribution < 1.29 is 4.79 Å². The van der Waals surface area contributed by atoms with Crippen LogP contribution < -0.4 is 10.6 Å². The van der Waals surface area contributed by atoms with E-state index in [0.29, 0.717) is 6.04 Å². The molecular weight excluding hydrogens is 166 g/mol. The lowest BCUT2D eigenvalue weighted by molar-refractivity contribution is 0.217. The van der Waals surface area contributed by atoms with Crippen LogP contribution in [-0.2, 0) is 0 Å². The lowest BCUT2D eigenvalue weighted by Crippen LogP contribution is -2.37. The first-order valence-corrected chi connectivity index (χ1v) is 5.00. The maximum atomic E-state index is 11.1. The molecule has 0 aliphatic carbocycles. The fourth-order valence-corrected chi connectivity index (χ4v) is 1.31. The van der Waals surface area contributed by atoms with Gasteiger partial charge in [0.25, 0.3) is 0 Å². The standard InChI is InChI=1S/C9H19N3O/c1-3-8(2)10-4-6-12-7-5-11-9(12)13/h8,10H,3-7H2,1-2H3,(H,11,13). The van der Waals surface area contributed by atoms with E-state index < -0.39 is 0 Å². The molecule has 0 aromatic rings. The van der Waals surface area contributed by atoms with Crippen LogP contribution in [0.2, 0.25) is 0 Å². The highest BCUT2D eigenvalue weighted by atomic mass is 16.2. The fraction of sp³-hybridized carbons (Fsp3) is 0.889. The molecule has 2 N–H and O–H groups in total. The maximum absolute atomic E-state index is 11.1. The monoisotopic (exact) mass is 185 g/mol. The summed E-state index contributed by atoms with van der Waals surface area (Å²) >= 11 is 0. The summed E-state index contributed by atoms with van der Waals surface area (Å²) in [6.07, 6.45) is 1.13. The van der Waals surface area contributed by atoms with Gasteiger partial charge in [-0.15, -0.1) is 0 Å². The average Bonchev–Trinajstić information content (AvgIpc) is 2.52. The second-order valence-corrected chi connectivity index (χ2v) is 3.48. The van der Waals surface area contributed by atoms with Gasteiger partial charge in [-0.25, -0.2) is 4.79 Å². The van der Waals surface area contributed by atoms with Gasteiger partial charge >= 0.3 is 6.03 Å². The summed E-state index contributed by atoms with van der Waals surface area (Å²) < 4.78 is 0. The normalized spacial score (nSPS) is 18.9. The Hall–Kier alpha value is -0.770. The Kier molecular flexibility index (Phi) is 4.02. The summed E-state index contributed by atoms with van der Waals surface area (Å²) in [6.45, 7) is 7.66. The average molecular weight is 185 g/mol. The van der Waals surface area contributed by atoms with Gasteiger partial charge in [-0.1, -0.05) is 6.92 Å². The Labute approximate surface area is 79.7 Å². The number of rotatable bonds is 5. The zero-order chi connectivity index (χ0) is 9.68. The van der Waals surface area contributed by atoms with Gasteiger partial charge in [-0.05, 0) is 13.3 Å². The van der Waals surface area contributed by atoms with Crippen molar-refractivity contribution >= 4 is 6.03 Å². The molecule has 4 heteroatoms. The second-order valence-electron chi connectivity index (χ2n) is 3.48. The van der Waals surface area contributed by atoms with Crippen LogP contribution in [0.3, 0.4) is 0 Å². The molecule has 1 saturated heterocycles. The molecule has 1 fully saturated rings. The summed E-state index contributed by atoms with van der Waals surface area (Å²) in [5.74, 6) is 0.